The number of methoxy groups -OCH3 is 3. The van der Waals surface area contributed by atoms with Crippen molar-refractivity contribution in [2.45, 2.75) is 23.8 Å². The van der Waals surface area contributed by atoms with Crippen LogP contribution in [-0.4, -0.2) is 54.3 Å². The van der Waals surface area contributed by atoms with Crippen molar-refractivity contribution >= 4 is 10.0 Å². The van der Waals surface area contributed by atoms with Crippen molar-refractivity contribution in [2.24, 2.45) is 0 Å². The van der Waals surface area contributed by atoms with Gasteiger partial charge in [0.1, 0.15) is 22.1 Å². The van der Waals surface area contributed by atoms with E-state index in [0.29, 0.717) is 5.75 Å². The zero-order valence-electron chi connectivity index (χ0n) is 17.1. The van der Waals surface area contributed by atoms with Gasteiger partial charge in [-0.05, 0) is 55.8 Å². The summed E-state index contributed by atoms with van der Waals surface area (Å²) in [4.78, 5) is 2.38. The highest BCUT2D eigenvalue weighted by Gasteiger charge is 2.27. The molecule has 1 fully saturated rings. The minimum atomic E-state index is -3.79. The summed E-state index contributed by atoms with van der Waals surface area (Å²) in [7, 11) is 0.789. The first kappa shape index (κ1) is 21.4. The zero-order chi connectivity index (χ0) is 20.9. The van der Waals surface area contributed by atoms with Crippen molar-refractivity contribution in [1.82, 2.24) is 9.62 Å². The molecule has 1 aliphatic rings. The summed E-state index contributed by atoms with van der Waals surface area (Å²) >= 11 is 0. The van der Waals surface area contributed by atoms with Crippen LogP contribution in [-0.2, 0) is 10.0 Å². The molecule has 1 unspecified atom stereocenters. The Morgan fingerprint density at radius 2 is 1.55 bits per heavy atom. The number of sulfonamides is 1. The van der Waals surface area contributed by atoms with Crippen LogP contribution in [0.5, 0.6) is 17.2 Å². The van der Waals surface area contributed by atoms with Crippen molar-refractivity contribution in [3.8, 4) is 17.2 Å². The lowest BCUT2D eigenvalue weighted by molar-refractivity contribution is 0.246. The summed E-state index contributed by atoms with van der Waals surface area (Å²) in [5, 5.41) is 0. The molecule has 8 heteroatoms. The largest absolute Gasteiger partial charge is 0.497 e. The van der Waals surface area contributed by atoms with Crippen molar-refractivity contribution in [2.75, 3.05) is 41.0 Å². The predicted octanol–water partition coefficient (Wildman–Crippen LogP) is 2.83. The molecule has 2 aromatic rings. The molecule has 1 heterocycles. The number of benzene rings is 2. The molecular formula is C21H28N2O5S. The normalized spacial score (nSPS) is 15.8. The van der Waals surface area contributed by atoms with Crippen molar-refractivity contribution < 1.29 is 22.6 Å². The van der Waals surface area contributed by atoms with Crippen molar-refractivity contribution in [3.05, 3.63) is 48.0 Å². The van der Waals surface area contributed by atoms with Crippen molar-refractivity contribution in [3.63, 3.8) is 0 Å². The van der Waals surface area contributed by atoms with Gasteiger partial charge in [-0.3, -0.25) is 4.90 Å². The fourth-order valence-electron chi connectivity index (χ4n) is 3.60. The molecule has 0 saturated carbocycles. The summed E-state index contributed by atoms with van der Waals surface area (Å²) in [6.45, 7) is 2.15. The van der Waals surface area contributed by atoms with Gasteiger partial charge >= 0.3 is 0 Å². The van der Waals surface area contributed by atoms with E-state index in [-0.39, 0.29) is 23.2 Å². The lowest BCUT2D eigenvalue weighted by Crippen LogP contribution is -2.36. The average Bonchev–Trinajstić information content (AvgIpc) is 3.28. The quantitative estimate of drug-likeness (QED) is 0.672. The standard InChI is InChI=1S/C21H28N2O5S/c1-26-17-8-6-16(7-9-17)19(23-12-4-5-13-23)15-22-29(24,25)21-14-18(27-2)10-11-20(21)28-3/h6-11,14,19,22H,4-5,12-13,15H2,1-3H3. The molecular weight excluding hydrogens is 392 g/mol. The fraction of sp³-hybridized carbons (Fsp3) is 0.429. The van der Waals surface area contributed by atoms with Crippen LogP contribution in [0.2, 0.25) is 0 Å². The smallest absolute Gasteiger partial charge is 0.244 e. The molecule has 0 radical (unpaired) electrons. The number of nitrogens with one attached hydrogen (secondary N) is 1. The average molecular weight is 421 g/mol. The molecule has 2 aromatic carbocycles. The van der Waals surface area contributed by atoms with E-state index in [1.54, 1.807) is 19.2 Å². The maximum atomic E-state index is 13.0. The van der Waals surface area contributed by atoms with Gasteiger partial charge in [0.25, 0.3) is 0 Å². The minimum absolute atomic E-state index is 0.0604. The zero-order valence-corrected chi connectivity index (χ0v) is 17.9. The second-order valence-electron chi connectivity index (χ2n) is 6.90. The number of ether oxygens (including phenoxy) is 3. The van der Waals surface area contributed by atoms with Crippen LogP contribution in [0.3, 0.4) is 0 Å². The third kappa shape index (κ3) is 5.01. The van der Waals surface area contributed by atoms with Crippen LogP contribution >= 0.6 is 0 Å². The predicted molar refractivity (Wildman–Crippen MR) is 111 cm³/mol. The van der Waals surface area contributed by atoms with Crippen LogP contribution in [0.1, 0.15) is 24.4 Å². The third-order valence-corrected chi connectivity index (χ3v) is 6.65. The van der Waals surface area contributed by atoms with E-state index in [4.69, 9.17) is 14.2 Å². The summed E-state index contributed by atoms with van der Waals surface area (Å²) in [5.74, 6) is 1.51. The Kier molecular flexibility index (Phi) is 7.00. The fourth-order valence-corrected chi connectivity index (χ4v) is 4.82. The summed E-state index contributed by atoms with van der Waals surface area (Å²) in [6.07, 6.45) is 2.23. The van der Waals surface area contributed by atoms with Gasteiger partial charge < -0.3 is 14.2 Å². The summed E-state index contributed by atoms with van der Waals surface area (Å²) in [5.41, 5.74) is 1.05. The number of hydrogen-bond donors (Lipinski definition) is 1. The van der Waals surface area contributed by atoms with Gasteiger partial charge in [0, 0.05) is 18.7 Å². The van der Waals surface area contributed by atoms with E-state index < -0.39 is 10.0 Å². The number of rotatable bonds is 9. The van der Waals surface area contributed by atoms with Crippen LogP contribution < -0.4 is 18.9 Å². The van der Waals surface area contributed by atoms with E-state index in [9.17, 15) is 8.42 Å². The van der Waals surface area contributed by atoms with Crippen LogP contribution in [0.4, 0.5) is 0 Å². The van der Waals surface area contributed by atoms with E-state index >= 15 is 0 Å². The molecule has 158 valence electrons. The minimum Gasteiger partial charge on any atom is -0.497 e. The molecule has 1 saturated heterocycles. The highest BCUT2D eigenvalue weighted by molar-refractivity contribution is 7.89. The Bertz CT molecular complexity index is 909. The first-order chi connectivity index (χ1) is 14.0. The van der Waals surface area contributed by atoms with Crippen LogP contribution in [0.25, 0.3) is 0 Å². The molecule has 1 atom stereocenters. The van der Waals surface area contributed by atoms with Crippen LogP contribution in [0, 0.1) is 0 Å². The Morgan fingerprint density at radius 3 is 2.14 bits per heavy atom. The molecule has 7 nitrogen and oxygen atoms in total. The lowest BCUT2D eigenvalue weighted by atomic mass is 10.1. The topological polar surface area (TPSA) is 77.1 Å². The Balaban J connectivity index is 1.84. The highest BCUT2D eigenvalue weighted by Crippen LogP contribution is 2.30. The van der Waals surface area contributed by atoms with Crippen molar-refractivity contribution in [1.29, 1.82) is 0 Å². The molecule has 0 aromatic heterocycles. The Hall–Kier alpha value is -2.29. The van der Waals surface area contributed by atoms with Gasteiger partial charge in [-0.15, -0.1) is 0 Å². The molecule has 0 aliphatic carbocycles. The van der Waals surface area contributed by atoms with E-state index in [1.165, 1.54) is 20.3 Å². The Labute approximate surface area is 172 Å². The second-order valence-corrected chi connectivity index (χ2v) is 8.64. The molecule has 1 N–H and O–H groups in total. The number of likely N-dealkylation sites (tertiary alicyclic amines) is 1. The first-order valence-electron chi connectivity index (χ1n) is 9.58. The monoisotopic (exact) mass is 420 g/mol. The molecule has 1 aliphatic heterocycles. The lowest BCUT2D eigenvalue weighted by Gasteiger charge is -2.28. The summed E-state index contributed by atoms with van der Waals surface area (Å²) in [6, 6.07) is 12.5. The van der Waals surface area contributed by atoms with E-state index in [1.807, 2.05) is 24.3 Å². The van der Waals surface area contributed by atoms with Gasteiger partial charge in [0.2, 0.25) is 10.0 Å². The molecule has 0 spiro atoms. The van der Waals surface area contributed by atoms with E-state index in [2.05, 4.69) is 9.62 Å². The number of hydrogen-bond acceptors (Lipinski definition) is 6. The molecule has 3 rings (SSSR count). The van der Waals surface area contributed by atoms with Gasteiger partial charge in [0.05, 0.1) is 21.3 Å². The highest BCUT2D eigenvalue weighted by atomic mass is 32.2. The van der Waals surface area contributed by atoms with E-state index in [0.717, 1.165) is 37.2 Å². The molecule has 29 heavy (non-hydrogen) atoms. The van der Waals surface area contributed by atoms with Crippen LogP contribution in [0.15, 0.2) is 47.4 Å². The molecule has 0 amide bonds. The first-order valence-corrected chi connectivity index (χ1v) is 11.1. The maximum Gasteiger partial charge on any atom is 0.244 e. The van der Waals surface area contributed by atoms with Gasteiger partial charge in [-0.2, -0.15) is 0 Å². The maximum absolute atomic E-state index is 13.0. The third-order valence-electron chi connectivity index (χ3n) is 5.21. The van der Waals surface area contributed by atoms with Gasteiger partial charge in [0.15, 0.2) is 0 Å². The van der Waals surface area contributed by atoms with Gasteiger partial charge in [-0.1, -0.05) is 12.1 Å². The SMILES string of the molecule is COc1ccc(C(CNS(=O)(=O)c2cc(OC)ccc2OC)N2CCCC2)cc1. The Morgan fingerprint density at radius 1 is 0.931 bits per heavy atom. The summed E-state index contributed by atoms with van der Waals surface area (Å²) < 4.78 is 44.5. The number of nitrogens with zero attached hydrogens (tertiary/aromatic N) is 1. The second kappa shape index (κ2) is 9.47. The molecule has 0 bridgehead atoms. The van der Waals surface area contributed by atoms with Gasteiger partial charge in [-0.25, -0.2) is 13.1 Å².